The Morgan fingerprint density at radius 3 is 1.15 bits per heavy atom. The van der Waals surface area contributed by atoms with Crippen molar-refractivity contribution in [3.63, 3.8) is 0 Å². The summed E-state index contributed by atoms with van der Waals surface area (Å²) in [5.74, 6) is -4.54. The predicted molar refractivity (Wildman–Crippen MR) is 168 cm³/mol. The molecule has 240 valence electrons. The first-order valence-electron chi connectivity index (χ1n) is 16.8. The Labute approximate surface area is 251 Å². The summed E-state index contributed by atoms with van der Waals surface area (Å²) in [6.07, 6.45) is 24.2. The van der Waals surface area contributed by atoms with Crippen molar-refractivity contribution < 1.29 is 34.2 Å². The summed E-state index contributed by atoms with van der Waals surface area (Å²) in [5.41, 5.74) is 0. The van der Waals surface area contributed by atoms with E-state index in [2.05, 4.69) is 19.1 Å². The number of aliphatic carboxylic acids is 3. The average Bonchev–Trinajstić information content (AvgIpc) is 2.94. The van der Waals surface area contributed by atoms with Crippen molar-refractivity contribution in [2.75, 3.05) is 26.2 Å². The molecule has 0 amide bonds. The zero-order chi connectivity index (χ0) is 30.9. The van der Waals surface area contributed by atoms with Crippen LogP contribution in [0.25, 0.3) is 0 Å². The smallest absolute Gasteiger partial charge is 0.312 e. The van der Waals surface area contributed by atoms with Crippen LogP contribution in [0, 0.1) is 17.8 Å². The van der Waals surface area contributed by atoms with Crippen molar-refractivity contribution >= 4 is 17.9 Å². The lowest BCUT2D eigenvalue weighted by Gasteiger charge is -2.43. The van der Waals surface area contributed by atoms with E-state index in [1.807, 2.05) is 20.8 Å². The number of nitrogens with zero attached hydrogens (tertiary/aromatic N) is 1. The van der Waals surface area contributed by atoms with Gasteiger partial charge in [0.05, 0.1) is 26.2 Å². The monoisotopic (exact) mass is 582 g/mol. The largest absolute Gasteiger partial charge is 0.481 e. The predicted octanol–water partition coefficient (Wildman–Crippen LogP) is 8.56. The summed E-state index contributed by atoms with van der Waals surface area (Å²) in [6.45, 7) is 9.21. The molecule has 0 aromatic carbocycles. The van der Waals surface area contributed by atoms with Gasteiger partial charge in [-0.05, 0) is 57.8 Å². The van der Waals surface area contributed by atoms with Crippen LogP contribution in [0.2, 0.25) is 0 Å². The number of rotatable bonds is 29. The lowest BCUT2D eigenvalue weighted by atomic mass is 9.95. The highest BCUT2D eigenvalue weighted by molar-refractivity contribution is 5.71. The summed E-state index contributed by atoms with van der Waals surface area (Å²) in [6, 6.07) is 0. The molecule has 0 aliphatic rings. The number of quaternary nitrogens is 1. The van der Waals surface area contributed by atoms with E-state index in [4.69, 9.17) is 0 Å². The first kappa shape index (κ1) is 39.1. The molecule has 3 unspecified atom stereocenters. The van der Waals surface area contributed by atoms with E-state index in [0.717, 1.165) is 38.5 Å². The Hall–Kier alpha value is -1.89. The van der Waals surface area contributed by atoms with E-state index in [1.165, 1.54) is 57.8 Å². The van der Waals surface area contributed by atoms with Crippen LogP contribution in [-0.2, 0) is 14.4 Å². The topological polar surface area (TPSA) is 112 Å². The summed E-state index contributed by atoms with van der Waals surface area (Å²) in [4.78, 5) is 35.9. The number of unbranched alkanes of at least 4 members (excludes halogenated alkanes) is 13. The van der Waals surface area contributed by atoms with E-state index in [1.54, 1.807) is 0 Å². The molecule has 7 heteroatoms. The van der Waals surface area contributed by atoms with Gasteiger partial charge in [0.25, 0.3) is 0 Å². The molecular weight excluding hydrogens is 518 g/mol. The molecule has 0 aliphatic carbocycles. The molecule has 0 aromatic heterocycles. The number of carbonyl (C=O) groups is 3. The Bertz CT molecular complexity index is 662. The van der Waals surface area contributed by atoms with Gasteiger partial charge in [-0.3, -0.25) is 14.4 Å². The maximum absolute atomic E-state index is 12.0. The fraction of sp³-hybridized carbons (Fsp3) is 0.853. The van der Waals surface area contributed by atoms with Gasteiger partial charge in [-0.25, -0.2) is 0 Å². The second-order valence-electron chi connectivity index (χ2n) is 12.2. The van der Waals surface area contributed by atoms with Gasteiger partial charge in [-0.1, -0.05) is 97.6 Å². The third kappa shape index (κ3) is 19.0. The molecule has 41 heavy (non-hydrogen) atoms. The standard InChI is InChI=1S/C34H63NO6/c1-5-9-10-11-12-13-14-15-16-17-18-19-20-21-22-23-24-25-35(26-29(6-2)32(36)37,27-30(7-3)33(38)39)28-31(8-4)34(40)41/h18-19,29-31H,5-17,20-28H2,1-4H3,(H2-,36,37,38,39,40,41)/p+1/b19-18+. The number of carboxylic acids is 3. The first-order chi connectivity index (χ1) is 19.7. The second kappa shape index (κ2) is 24.7. The van der Waals surface area contributed by atoms with Crippen LogP contribution < -0.4 is 0 Å². The molecule has 0 radical (unpaired) electrons. The Balaban J connectivity index is 4.83. The number of hydrogen-bond donors (Lipinski definition) is 3. The molecule has 0 heterocycles. The molecular formula is C34H64NO6+. The lowest BCUT2D eigenvalue weighted by Crippen LogP contribution is -2.58. The summed E-state index contributed by atoms with van der Waals surface area (Å²) < 4.78 is 0.249. The van der Waals surface area contributed by atoms with E-state index in [9.17, 15) is 29.7 Å². The van der Waals surface area contributed by atoms with Gasteiger partial charge >= 0.3 is 17.9 Å². The van der Waals surface area contributed by atoms with Crippen molar-refractivity contribution in [2.45, 2.75) is 143 Å². The van der Waals surface area contributed by atoms with E-state index < -0.39 is 35.7 Å². The molecule has 0 fully saturated rings. The molecule has 0 spiro atoms. The van der Waals surface area contributed by atoms with Gasteiger partial charge < -0.3 is 19.8 Å². The molecule has 0 aliphatic heterocycles. The minimum absolute atomic E-state index is 0.249. The van der Waals surface area contributed by atoms with Crippen molar-refractivity contribution in [1.82, 2.24) is 0 Å². The maximum Gasteiger partial charge on any atom is 0.312 e. The highest BCUT2D eigenvalue weighted by atomic mass is 16.4. The van der Waals surface area contributed by atoms with Gasteiger partial charge in [-0.15, -0.1) is 0 Å². The minimum Gasteiger partial charge on any atom is -0.481 e. The molecule has 0 saturated carbocycles. The Morgan fingerprint density at radius 1 is 0.512 bits per heavy atom. The van der Waals surface area contributed by atoms with Crippen molar-refractivity contribution in [1.29, 1.82) is 0 Å². The van der Waals surface area contributed by atoms with E-state index >= 15 is 0 Å². The minimum atomic E-state index is -0.893. The Kier molecular flexibility index (Phi) is 23.5. The normalized spacial score (nSPS) is 15.4. The van der Waals surface area contributed by atoms with Crippen molar-refractivity contribution in [3.8, 4) is 0 Å². The summed E-state index contributed by atoms with van der Waals surface area (Å²) in [5, 5.41) is 29.4. The Morgan fingerprint density at radius 2 is 0.829 bits per heavy atom. The van der Waals surface area contributed by atoms with Gasteiger partial charge in [0.15, 0.2) is 0 Å². The molecule has 0 rings (SSSR count). The zero-order valence-corrected chi connectivity index (χ0v) is 27.0. The van der Waals surface area contributed by atoms with Crippen LogP contribution in [-0.4, -0.2) is 63.9 Å². The number of carboxylic acid groups (broad SMARTS) is 3. The summed E-state index contributed by atoms with van der Waals surface area (Å²) in [7, 11) is 0. The van der Waals surface area contributed by atoms with E-state index in [-0.39, 0.29) is 24.1 Å². The van der Waals surface area contributed by atoms with Crippen LogP contribution >= 0.6 is 0 Å². The second-order valence-corrected chi connectivity index (χ2v) is 12.2. The number of allylic oxidation sites excluding steroid dienone is 2. The highest BCUT2D eigenvalue weighted by Crippen LogP contribution is 2.25. The zero-order valence-electron chi connectivity index (χ0n) is 27.0. The molecule has 7 nitrogen and oxygen atoms in total. The number of hydrogen-bond acceptors (Lipinski definition) is 3. The SMILES string of the molecule is CCCCCCCCCCC/C=C/CCCCCC[N+](CC(CC)C(=O)O)(CC(CC)C(=O)O)CC(CC)C(=O)O. The molecule has 3 N–H and O–H groups in total. The summed E-state index contributed by atoms with van der Waals surface area (Å²) >= 11 is 0. The van der Waals surface area contributed by atoms with Crippen molar-refractivity contribution in [3.05, 3.63) is 12.2 Å². The van der Waals surface area contributed by atoms with Crippen LogP contribution in [0.1, 0.15) is 143 Å². The molecule has 0 saturated heterocycles. The van der Waals surface area contributed by atoms with Crippen LogP contribution in [0.5, 0.6) is 0 Å². The molecule has 3 atom stereocenters. The lowest BCUT2D eigenvalue weighted by molar-refractivity contribution is -0.935. The van der Waals surface area contributed by atoms with Crippen molar-refractivity contribution in [2.24, 2.45) is 17.8 Å². The van der Waals surface area contributed by atoms with E-state index in [0.29, 0.717) is 25.8 Å². The fourth-order valence-electron chi connectivity index (χ4n) is 5.92. The maximum atomic E-state index is 12.0. The fourth-order valence-corrected chi connectivity index (χ4v) is 5.92. The first-order valence-corrected chi connectivity index (χ1v) is 16.8. The van der Waals surface area contributed by atoms with Gasteiger partial charge in [0.1, 0.15) is 17.8 Å². The van der Waals surface area contributed by atoms with Gasteiger partial charge in [0, 0.05) is 0 Å². The quantitative estimate of drug-likeness (QED) is 0.0463. The average molecular weight is 583 g/mol. The van der Waals surface area contributed by atoms with Gasteiger partial charge in [0.2, 0.25) is 0 Å². The molecule has 0 bridgehead atoms. The highest BCUT2D eigenvalue weighted by Gasteiger charge is 2.40. The van der Waals surface area contributed by atoms with Gasteiger partial charge in [-0.2, -0.15) is 0 Å². The molecule has 0 aromatic rings. The third-order valence-electron chi connectivity index (χ3n) is 8.74. The third-order valence-corrected chi connectivity index (χ3v) is 8.74. The van der Waals surface area contributed by atoms with Crippen LogP contribution in [0.4, 0.5) is 0 Å². The van der Waals surface area contributed by atoms with Crippen LogP contribution in [0.3, 0.4) is 0 Å². The van der Waals surface area contributed by atoms with Crippen LogP contribution in [0.15, 0.2) is 12.2 Å².